The molecule has 0 aromatic heterocycles. The number of amides is 1. The Kier molecular flexibility index (Phi) is 6.33. The van der Waals surface area contributed by atoms with E-state index < -0.39 is 10.0 Å². The van der Waals surface area contributed by atoms with Gasteiger partial charge in [-0.3, -0.25) is 4.79 Å². The number of rotatable bonds is 7. The molecule has 6 heteroatoms. The van der Waals surface area contributed by atoms with Crippen molar-refractivity contribution in [2.45, 2.75) is 31.6 Å². The molecular weight excluding hydrogens is 336 g/mol. The van der Waals surface area contributed by atoms with E-state index in [-0.39, 0.29) is 23.9 Å². The fourth-order valence-electron chi connectivity index (χ4n) is 2.28. The fraction of sp³-hybridized carbons (Fsp3) is 0.316. The van der Waals surface area contributed by atoms with Crippen molar-refractivity contribution in [3.05, 3.63) is 65.2 Å². The maximum absolute atomic E-state index is 12.1. The van der Waals surface area contributed by atoms with Crippen molar-refractivity contribution >= 4 is 15.9 Å². The molecule has 2 rings (SSSR count). The Bertz CT molecular complexity index is 811. The average Bonchev–Trinajstić information content (AvgIpc) is 2.59. The molecule has 0 fully saturated rings. The third kappa shape index (κ3) is 5.41. The van der Waals surface area contributed by atoms with Gasteiger partial charge in [-0.15, -0.1) is 0 Å². The Balaban J connectivity index is 1.84. The summed E-state index contributed by atoms with van der Waals surface area (Å²) in [5, 5.41) is 2.71. The highest BCUT2D eigenvalue weighted by atomic mass is 32.2. The largest absolute Gasteiger partial charge is 0.351 e. The van der Waals surface area contributed by atoms with Gasteiger partial charge in [-0.05, 0) is 42.7 Å². The van der Waals surface area contributed by atoms with Gasteiger partial charge in [0.2, 0.25) is 10.0 Å². The number of hydrogen-bond donors (Lipinski definition) is 2. The van der Waals surface area contributed by atoms with E-state index in [2.05, 4.69) is 23.9 Å². The van der Waals surface area contributed by atoms with Gasteiger partial charge in [-0.1, -0.05) is 43.7 Å². The Morgan fingerprint density at radius 1 is 0.960 bits per heavy atom. The van der Waals surface area contributed by atoms with Crippen molar-refractivity contribution < 1.29 is 13.2 Å². The van der Waals surface area contributed by atoms with E-state index >= 15 is 0 Å². The number of carbonyl (C=O) groups excluding carboxylic acids is 1. The van der Waals surface area contributed by atoms with Crippen molar-refractivity contribution in [3.63, 3.8) is 0 Å². The molecule has 0 unspecified atom stereocenters. The number of aryl methyl sites for hydroxylation is 1. The van der Waals surface area contributed by atoms with E-state index in [1.54, 1.807) is 36.4 Å². The predicted molar refractivity (Wildman–Crippen MR) is 99.2 cm³/mol. The van der Waals surface area contributed by atoms with Crippen LogP contribution in [0.15, 0.2) is 53.4 Å². The molecule has 0 aliphatic rings. The summed E-state index contributed by atoms with van der Waals surface area (Å²) in [4.78, 5) is 12.3. The van der Waals surface area contributed by atoms with Gasteiger partial charge < -0.3 is 5.32 Å². The van der Waals surface area contributed by atoms with Crippen LogP contribution in [0.5, 0.6) is 0 Å². The van der Waals surface area contributed by atoms with Crippen LogP contribution in [-0.2, 0) is 10.0 Å². The zero-order valence-electron chi connectivity index (χ0n) is 14.7. The monoisotopic (exact) mass is 360 g/mol. The second-order valence-corrected chi connectivity index (χ2v) is 8.01. The number of nitrogens with one attached hydrogen (secondary N) is 2. The van der Waals surface area contributed by atoms with Crippen molar-refractivity contribution in [2.75, 3.05) is 13.1 Å². The summed E-state index contributed by atoms with van der Waals surface area (Å²) in [6.45, 7) is 6.43. The molecule has 0 spiro atoms. The Labute approximate surface area is 149 Å². The third-order valence-corrected chi connectivity index (χ3v) is 5.35. The van der Waals surface area contributed by atoms with Crippen LogP contribution in [-0.4, -0.2) is 27.4 Å². The molecule has 0 saturated heterocycles. The summed E-state index contributed by atoms with van der Waals surface area (Å²) in [5.74, 6) is 0.193. The standard InChI is InChI=1S/C19H24N2O3S/c1-14(2)16-6-8-17(9-7-16)19(22)20-12-13-21-25(23,24)18-10-4-15(3)5-11-18/h4-11,14,21H,12-13H2,1-3H3,(H,20,22). The lowest BCUT2D eigenvalue weighted by Gasteiger charge is -2.09. The number of hydrogen-bond acceptors (Lipinski definition) is 3. The normalized spacial score (nSPS) is 11.5. The molecule has 5 nitrogen and oxygen atoms in total. The molecule has 0 radical (unpaired) electrons. The zero-order valence-corrected chi connectivity index (χ0v) is 15.6. The van der Waals surface area contributed by atoms with Crippen LogP contribution in [0, 0.1) is 6.92 Å². The summed E-state index contributed by atoms with van der Waals surface area (Å²) >= 11 is 0. The third-order valence-electron chi connectivity index (χ3n) is 3.87. The molecular formula is C19H24N2O3S. The zero-order chi connectivity index (χ0) is 18.4. The van der Waals surface area contributed by atoms with Crippen LogP contribution in [0.2, 0.25) is 0 Å². The minimum Gasteiger partial charge on any atom is -0.351 e. The number of sulfonamides is 1. The van der Waals surface area contributed by atoms with Crippen molar-refractivity contribution in [3.8, 4) is 0 Å². The first kappa shape index (κ1) is 19.1. The Morgan fingerprint density at radius 2 is 1.56 bits per heavy atom. The van der Waals surface area contributed by atoms with E-state index in [0.717, 1.165) is 5.56 Å². The molecule has 1 amide bonds. The highest BCUT2D eigenvalue weighted by Crippen LogP contribution is 2.14. The van der Waals surface area contributed by atoms with E-state index in [0.29, 0.717) is 11.5 Å². The highest BCUT2D eigenvalue weighted by Gasteiger charge is 2.13. The first-order chi connectivity index (χ1) is 11.8. The molecule has 2 N–H and O–H groups in total. The molecule has 0 bridgehead atoms. The molecule has 134 valence electrons. The molecule has 0 heterocycles. The van der Waals surface area contributed by atoms with Gasteiger partial charge in [0.05, 0.1) is 4.90 Å². The first-order valence-corrected chi connectivity index (χ1v) is 9.72. The molecule has 2 aromatic carbocycles. The summed E-state index contributed by atoms with van der Waals surface area (Å²) in [6, 6.07) is 14.0. The van der Waals surface area contributed by atoms with E-state index in [1.165, 1.54) is 5.56 Å². The predicted octanol–water partition coefficient (Wildman–Crippen LogP) is 2.83. The van der Waals surface area contributed by atoms with Gasteiger partial charge in [0.1, 0.15) is 0 Å². The maximum Gasteiger partial charge on any atom is 0.251 e. The topological polar surface area (TPSA) is 75.3 Å². The van der Waals surface area contributed by atoms with Crippen LogP contribution in [0.25, 0.3) is 0 Å². The van der Waals surface area contributed by atoms with Gasteiger partial charge in [0.15, 0.2) is 0 Å². The van der Waals surface area contributed by atoms with Gasteiger partial charge in [-0.2, -0.15) is 0 Å². The molecule has 0 saturated carbocycles. The highest BCUT2D eigenvalue weighted by molar-refractivity contribution is 7.89. The second-order valence-electron chi connectivity index (χ2n) is 6.24. The van der Waals surface area contributed by atoms with E-state index in [1.807, 2.05) is 19.1 Å². The summed E-state index contributed by atoms with van der Waals surface area (Å²) in [5.41, 5.74) is 2.72. The van der Waals surface area contributed by atoms with Gasteiger partial charge >= 0.3 is 0 Å². The average molecular weight is 360 g/mol. The molecule has 2 aromatic rings. The summed E-state index contributed by atoms with van der Waals surface area (Å²) < 4.78 is 26.8. The lowest BCUT2D eigenvalue weighted by molar-refractivity contribution is 0.0954. The Hall–Kier alpha value is -2.18. The first-order valence-electron chi connectivity index (χ1n) is 8.24. The van der Waals surface area contributed by atoms with Crippen molar-refractivity contribution in [1.29, 1.82) is 0 Å². The quantitative estimate of drug-likeness (QED) is 0.746. The summed E-state index contributed by atoms with van der Waals surface area (Å²) in [7, 11) is -3.56. The number of carbonyl (C=O) groups is 1. The Morgan fingerprint density at radius 3 is 2.12 bits per heavy atom. The molecule has 0 aliphatic carbocycles. The second kappa shape index (κ2) is 8.27. The number of benzene rings is 2. The maximum atomic E-state index is 12.1. The van der Waals surface area contributed by atoms with E-state index in [9.17, 15) is 13.2 Å². The van der Waals surface area contributed by atoms with Gasteiger partial charge in [0, 0.05) is 18.7 Å². The van der Waals surface area contributed by atoms with E-state index in [4.69, 9.17) is 0 Å². The van der Waals surface area contributed by atoms with Crippen LogP contribution in [0.1, 0.15) is 41.3 Å². The minimum absolute atomic E-state index is 0.131. The molecule has 25 heavy (non-hydrogen) atoms. The molecule has 0 aliphatic heterocycles. The minimum atomic E-state index is -3.56. The van der Waals surface area contributed by atoms with Crippen molar-refractivity contribution in [1.82, 2.24) is 10.0 Å². The van der Waals surface area contributed by atoms with Crippen LogP contribution >= 0.6 is 0 Å². The van der Waals surface area contributed by atoms with Crippen molar-refractivity contribution in [2.24, 2.45) is 0 Å². The lowest BCUT2D eigenvalue weighted by atomic mass is 10.0. The van der Waals surface area contributed by atoms with Crippen LogP contribution in [0.3, 0.4) is 0 Å². The van der Waals surface area contributed by atoms with Crippen LogP contribution < -0.4 is 10.0 Å². The molecule has 0 atom stereocenters. The SMILES string of the molecule is Cc1ccc(S(=O)(=O)NCCNC(=O)c2ccc(C(C)C)cc2)cc1. The lowest BCUT2D eigenvalue weighted by Crippen LogP contribution is -2.34. The fourth-order valence-corrected chi connectivity index (χ4v) is 3.32. The smallest absolute Gasteiger partial charge is 0.251 e. The summed E-state index contributed by atoms with van der Waals surface area (Å²) in [6.07, 6.45) is 0. The van der Waals surface area contributed by atoms with Gasteiger partial charge in [0.25, 0.3) is 5.91 Å². The van der Waals surface area contributed by atoms with Gasteiger partial charge in [-0.25, -0.2) is 13.1 Å². The van der Waals surface area contributed by atoms with Crippen LogP contribution in [0.4, 0.5) is 0 Å².